The second-order valence-electron chi connectivity index (χ2n) is 15.3. The summed E-state index contributed by atoms with van der Waals surface area (Å²) >= 11 is 1.59. The Kier molecular flexibility index (Phi) is 15.4. The van der Waals surface area contributed by atoms with Crippen molar-refractivity contribution in [2.45, 2.75) is 139 Å². The van der Waals surface area contributed by atoms with E-state index in [1.807, 2.05) is 13.0 Å². The molecule has 2 atom stereocenters. The van der Waals surface area contributed by atoms with Gasteiger partial charge in [-0.3, -0.25) is 9.59 Å². The molecule has 0 saturated heterocycles. The molecule has 0 aliphatic carbocycles. The van der Waals surface area contributed by atoms with E-state index in [0.29, 0.717) is 23.5 Å². The number of aromatic hydroxyl groups is 1. The van der Waals surface area contributed by atoms with Crippen molar-refractivity contribution in [3.8, 4) is 11.9 Å². The summed E-state index contributed by atoms with van der Waals surface area (Å²) in [5, 5.41) is 24.2. The number of amides is 1. The maximum absolute atomic E-state index is 14.3. The highest BCUT2D eigenvalue weighted by atomic mass is 32.1. The van der Waals surface area contributed by atoms with Crippen LogP contribution in [0.15, 0.2) is 4.79 Å². The third kappa shape index (κ3) is 10.2. The first-order valence-corrected chi connectivity index (χ1v) is 19.0. The van der Waals surface area contributed by atoms with Crippen LogP contribution < -0.4 is 25.9 Å². The zero-order chi connectivity index (χ0) is 36.4. The van der Waals surface area contributed by atoms with Gasteiger partial charge >= 0.3 is 0 Å². The smallest absolute Gasteiger partial charge is 0.280 e. The van der Waals surface area contributed by atoms with Gasteiger partial charge in [0, 0.05) is 36.2 Å². The lowest BCUT2D eigenvalue weighted by Crippen LogP contribution is -2.55. The van der Waals surface area contributed by atoms with Gasteiger partial charge in [0.05, 0.1) is 15.8 Å². The molecule has 0 saturated carbocycles. The van der Waals surface area contributed by atoms with E-state index in [-0.39, 0.29) is 22.1 Å². The lowest BCUT2D eigenvalue weighted by molar-refractivity contribution is -0.127. The number of aromatic nitrogens is 2. The minimum absolute atomic E-state index is 0.0386. The molecular weight excluding hydrogens is 619 g/mol. The Balaban J connectivity index is 3.00. The van der Waals surface area contributed by atoms with Crippen molar-refractivity contribution < 1.29 is 9.90 Å². The van der Waals surface area contributed by atoms with E-state index in [4.69, 9.17) is 4.98 Å². The molecule has 0 aliphatic rings. The minimum atomic E-state index is -0.818. The number of hydrogen-bond acceptors (Lipinski definition) is 7. The number of nitrogens with zero attached hydrogens (tertiary/aromatic N) is 5. The Labute approximate surface area is 294 Å². The number of pyridine rings is 1. The summed E-state index contributed by atoms with van der Waals surface area (Å²) in [6.07, 6.45) is 13.6. The van der Waals surface area contributed by atoms with E-state index in [9.17, 15) is 20.0 Å². The van der Waals surface area contributed by atoms with E-state index >= 15 is 0 Å². The van der Waals surface area contributed by atoms with Gasteiger partial charge in [-0.25, -0.2) is 9.99 Å². The molecule has 2 heterocycles. The lowest BCUT2D eigenvalue weighted by atomic mass is 9.91. The number of hydrogen-bond donors (Lipinski definition) is 1. The van der Waals surface area contributed by atoms with Crippen molar-refractivity contribution in [3.63, 3.8) is 0 Å². The number of carbonyl (C=O) groups excluding carboxylic acids is 1. The summed E-state index contributed by atoms with van der Waals surface area (Å²) in [4.78, 5) is 36.3. The molecule has 0 radical (unpaired) electrons. The standard InChI is InChI=1S/C39H63N5O3S/c1-13-18-21-27(16-4)25-43(26-28(17-5)22-19-14-2)37-41-33(38(6,7)8)32(48-37)23-30-29(20-15-3)31(24-40)35(46)44(34(30)45)42(12)36(47)39(9,10)11/h20,23,27-28,46H,13-19,21-22,25-26H2,1-12H3/b29-20-,30-23-. The average Bonchev–Trinajstić information content (AvgIpc) is 3.46. The number of carbonyl (C=O) groups is 1. The summed E-state index contributed by atoms with van der Waals surface area (Å²) in [6, 6.07) is 2.11. The highest BCUT2D eigenvalue weighted by Gasteiger charge is 2.30. The molecule has 48 heavy (non-hydrogen) atoms. The van der Waals surface area contributed by atoms with Gasteiger partial charge in [-0.05, 0) is 37.2 Å². The minimum Gasteiger partial charge on any atom is -0.492 e. The topological polar surface area (TPSA) is 102 Å². The Morgan fingerprint density at radius 3 is 1.94 bits per heavy atom. The quantitative estimate of drug-likeness (QED) is 0.196. The fourth-order valence-electron chi connectivity index (χ4n) is 6.12. The first kappa shape index (κ1) is 41.1. The normalized spacial score (nSPS) is 14.2. The third-order valence-corrected chi connectivity index (χ3v) is 10.2. The molecule has 0 aromatic carbocycles. The summed E-state index contributed by atoms with van der Waals surface area (Å²) in [7, 11) is 1.46. The van der Waals surface area contributed by atoms with Gasteiger partial charge in [-0.2, -0.15) is 9.94 Å². The number of thiazole rings is 1. The van der Waals surface area contributed by atoms with Crippen LogP contribution in [0.1, 0.15) is 150 Å². The Hall–Kier alpha value is -3.12. The van der Waals surface area contributed by atoms with Gasteiger partial charge in [0.15, 0.2) is 5.13 Å². The van der Waals surface area contributed by atoms with Gasteiger partial charge < -0.3 is 10.0 Å². The van der Waals surface area contributed by atoms with Crippen LogP contribution in [0.4, 0.5) is 5.13 Å². The van der Waals surface area contributed by atoms with Crippen LogP contribution in [0.3, 0.4) is 0 Å². The largest absolute Gasteiger partial charge is 0.492 e. The van der Waals surface area contributed by atoms with E-state index in [1.165, 1.54) is 45.6 Å². The fourth-order valence-corrected chi connectivity index (χ4v) is 7.35. The molecule has 2 rings (SSSR count). The summed E-state index contributed by atoms with van der Waals surface area (Å²) in [5.41, 5.74) is -0.860. The first-order valence-electron chi connectivity index (χ1n) is 18.1. The molecule has 8 nitrogen and oxygen atoms in total. The second kappa shape index (κ2) is 18.0. The molecule has 0 bridgehead atoms. The second-order valence-corrected chi connectivity index (χ2v) is 16.3. The predicted octanol–water partition coefficient (Wildman–Crippen LogP) is 7.58. The van der Waals surface area contributed by atoms with Crippen LogP contribution >= 0.6 is 11.3 Å². The predicted molar refractivity (Wildman–Crippen MR) is 203 cm³/mol. The number of rotatable bonds is 16. The summed E-state index contributed by atoms with van der Waals surface area (Å²) < 4.78 is 0.940. The van der Waals surface area contributed by atoms with Crippen LogP contribution in [0.5, 0.6) is 5.88 Å². The third-order valence-electron chi connectivity index (χ3n) is 9.10. The van der Waals surface area contributed by atoms with E-state index in [1.54, 1.807) is 38.2 Å². The Bertz CT molecular complexity index is 1570. The molecule has 2 aromatic heterocycles. The highest BCUT2D eigenvalue weighted by molar-refractivity contribution is 7.16. The number of unbranched alkanes of at least 4 members (excludes halogenated alkanes) is 2. The molecule has 0 spiro atoms. The summed E-state index contributed by atoms with van der Waals surface area (Å²) in [5.74, 6) is 0.219. The average molecular weight is 682 g/mol. The SMILES string of the molecule is CC/C=c1\c(C#N)c(O)n(N(C)C(=O)C(C)(C)C)c(=O)\c1=C/c1sc(N(CC(CC)CCCC)CC(CC)CCCC)nc1C(C)(C)C. The molecule has 1 amide bonds. The van der Waals surface area contributed by atoms with E-state index in [0.717, 1.165) is 51.3 Å². The highest BCUT2D eigenvalue weighted by Crippen LogP contribution is 2.36. The van der Waals surface area contributed by atoms with Crippen LogP contribution in [-0.2, 0) is 10.2 Å². The van der Waals surface area contributed by atoms with Crippen molar-refractivity contribution in [2.75, 3.05) is 30.0 Å². The Morgan fingerprint density at radius 1 is 0.979 bits per heavy atom. The van der Waals surface area contributed by atoms with Crippen LogP contribution in [0, 0.1) is 28.6 Å². The zero-order valence-corrected chi connectivity index (χ0v) is 32.8. The monoisotopic (exact) mass is 681 g/mol. The molecule has 2 aromatic rings. The van der Waals surface area contributed by atoms with Gasteiger partial charge in [0.25, 0.3) is 5.56 Å². The van der Waals surface area contributed by atoms with Crippen LogP contribution in [0.2, 0.25) is 0 Å². The maximum atomic E-state index is 14.3. The van der Waals surface area contributed by atoms with Gasteiger partial charge in [0.2, 0.25) is 11.8 Å². The molecule has 0 fully saturated rings. The number of nitriles is 1. The van der Waals surface area contributed by atoms with Gasteiger partial charge in [-0.15, -0.1) is 0 Å². The molecule has 9 heteroatoms. The van der Waals surface area contributed by atoms with Gasteiger partial charge in [-0.1, -0.05) is 132 Å². The summed E-state index contributed by atoms with van der Waals surface area (Å²) in [6.45, 7) is 24.5. The fraction of sp³-hybridized carbons (Fsp3) is 0.692. The molecule has 1 N–H and O–H groups in total. The van der Waals surface area contributed by atoms with Crippen molar-refractivity contribution in [2.24, 2.45) is 17.3 Å². The maximum Gasteiger partial charge on any atom is 0.280 e. The van der Waals surface area contributed by atoms with Gasteiger partial charge in [0.1, 0.15) is 11.6 Å². The van der Waals surface area contributed by atoms with E-state index in [2.05, 4.69) is 59.4 Å². The molecule has 0 aliphatic heterocycles. The molecular formula is C39H63N5O3S. The number of anilines is 1. The zero-order valence-electron chi connectivity index (χ0n) is 32.0. The molecule has 268 valence electrons. The van der Waals surface area contributed by atoms with Crippen LogP contribution in [0.25, 0.3) is 12.2 Å². The van der Waals surface area contributed by atoms with Crippen molar-refractivity contribution in [1.82, 2.24) is 9.66 Å². The molecule has 2 unspecified atom stereocenters. The lowest BCUT2D eigenvalue weighted by Gasteiger charge is -2.30. The van der Waals surface area contributed by atoms with Crippen LogP contribution in [-0.4, -0.2) is 40.8 Å². The van der Waals surface area contributed by atoms with E-state index < -0.39 is 16.9 Å². The van der Waals surface area contributed by atoms with Crippen molar-refractivity contribution in [1.29, 1.82) is 5.26 Å². The van der Waals surface area contributed by atoms with Crippen molar-refractivity contribution in [3.05, 3.63) is 36.9 Å². The van der Waals surface area contributed by atoms with Crippen molar-refractivity contribution >= 4 is 34.5 Å². The Morgan fingerprint density at radius 2 is 1.52 bits per heavy atom. The first-order chi connectivity index (χ1) is 22.5.